The molecule has 1 aliphatic rings. The number of hydrogen-bond donors (Lipinski definition) is 1. The largest absolute Gasteiger partial charge is 0.472 e. The van der Waals surface area contributed by atoms with E-state index in [1.165, 1.54) is 12.5 Å². The molecule has 3 aromatic rings. The number of carbonyl (C=O) groups is 2. The van der Waals surface area contributed by atoms with Crippen molar-refractivity contribution in [3.8, 4) is 0 Å². The lowest BCUT2D eigenvalue weighted by molar-refractivity contribution is 0.0695. The fraction of sp³-hybridized carbons (Fsp3) is 0.300. The maximum absolute atomic E-state index is 12.7. The monoisotopic (exact) mass is 430 g/mol. The summed E-state index contributed by atoms with van der Waals surface area (Å²) >= 11 is 3.44. The summed E-state index contributed by atoms with van der Waals surface area (Å²) in [5.74, 6) is 0.103. The van der Waals surface area contributed by atoms with E-state index in [4.69, 9.17) is 8.83 Å². The smallest absolute Gasteiger partial charge is 0.287 e. The molecule has 7 heteroatoms. The molecule has 1 aromatic carbocycles. The maximum atomic E-state index is 12.7. The van der Waals surface area contributed by atoms with E-state index in [0.29, 0.717) is 42.8 Å². The van der Waals surface area contributed by atoms with Crippen molar-refractivity contribution >= 4 is 38.7 Å². The molecule has 0 bridgehead atoms. The Hall–Kier alpha value is -2.54. The van der Waals surface area contributed by atoms with Crippen LogP contribution in [0.1, 0.15) is 39.3 Å². The van der Waals surface area contributed by atoms with Gasteiger partial charge in [-0.2, -0.15) is 0 Å². The first-order valence-electron chi connectivity index (χ1n) is 8.84. The molecule has 6 nitrogen and oxygen atoms in total. The van der Waals surface area contributed by atoms with Gasteiger partial charge in [0.15, 0.2) is 5.76 Å². The predicted octanol–water partition coefficient (Wildman–Crippen LogP) is 4.13. The lowest BCUT2D eigenvalue weighted by Crippen LogP contribution is -2.46. The van der Waals surface area contributed by atoms with Gasteiger partial charge < -0.3 is 19.1 Å². The molecule has 3 heterocycles. The molecule has 1 aliphatic heterocycles. The quantitative estimate of drug-likeness (QED) is 0.677. The van der Waals surface area contributed by atoms with Crippen molar-refractivity contribution in [1.29, 1.82) is 0 Å². The van der Waals surface area contributed by atoms with Gasteiger partial charge in [0.25, 0.3) is 11.8 Å². The first-order chi connectivity index (χ1) is 13.0. The van der Waals surface area contributed by atoms with Gasteiger partial charge in [0.1, 0.15) is 11.8 Å². The van der Waals surface area contributed by atoms with E-state index in [1.54, 1.807) is 11.0 Å². The van der Waals surface area contributed by atoms with Crippen LogP contribution in [-0.2, 0) is 0 Å². The Balaban J connectivity index is 1.40. The number of nitrogens with one attached hydrogen (secondary N) is 1. The Morgan fingerprint density at radius 1 is 1.22 bits per heavy atom. The Kier molecular flexibility index (Phi) is 4.78. The van der Waals surface area contributed by atoms with Gasteiger partial charge >= 0.3 is 0 Å². The van der Waals surface area contributed by atoms with E-state index < -0.39 is 0 Å². The molecule has 140 valence electrons. The van der Waals surface area contributed by atoms with E-state index in [2.05, 4.69) is 21.2 Å². The molecule has 0 spiro atoms. The third-order valence-electron chi connectivity index (χ3n) is 4.99. The zero-order valence-electron chi connectivity index (χ0n) is 14.8. The Bertz CT molecular complexity index is 985. The van der Waals surface area contributed by atoms with Crippen LogP contribution in [-0.4, -0.2) is 35.8 Å². The average molecular weight is 431 g/mol. The average Bonchev–Trinajstić information content (AvgIpc) is 3.31. The fourth-order valence-electron chi connectivity index (χ4n) is 3.46. The Morgan fingerprint density at radius 3 is 2.70 bits per heavy atom. The summed E-state index contributed by atoms with van der Waals surface area (Å²) in [6, 6.07) is 7.37. The van der Waals surface area contributed by atoms with E-state index in [1.807, 2.05) is 25.1 Å². The highest BCUT2D eigenvalue weighted by Crippen LogP contribution is 2.28. The van der Waals surface area contributed by atoms with E-state index in [9.17, 15) is 9.59 Å². The van der Waals surface area contributed by atoms with Crippen LogP contribution in [0.3, 0.4) is 0 Å². The lowest BCUT2D eigenvalue weighted by atomic mass is 10.0. The van der Waals surface area contributed by atoms with Gasteiger partial charge in [-0.15, -0.1) is 0 Å². The van der Waals surface area contributed by atoms with Crippen LogP contribution in [0.4, 0.5) is 0 Å². The maximum Gasteiger partial charge on any atom is 0.287 e. The molecule has 1 saturated heterocycles. The fourth-order valence-corrected chi connectivity index (χ4v) is 3.82. The molecule has 2 amide bonds. The summed E-state index contributed by atoms with van der Waals surface area (Å²) in [7, 11) is 0. The van der Waals surface area contributed by atoms with Gasteiger partial charge in [0.2, 0.25) is 0 Å². The summed E-state index contributed by atoms with van der Waals surface area (Å²) in [4.78, 5) is 26.8. The molecule has 4 rings (SSSR count). The lowest BCUT2D eigenvalue weighted by Gasteiger charge is -2.32. The highest BCUT2D eigenvalue weighted by molar-refractivity contribution is 9.10. The molecule has 0 unspecified atom stereocenters. The van der Waals surface area contributed by atoms with Gasteiger partial charge in [-0.05, 0) is 44.0 Å². The number of piperidine rings is 1. The topological polar surface area (TPSA) is 75.7 Å². The van der Waals surface area contributed by atoms with Crippen LogP contribution in [0.15, 0.2) is 50.1 Å². The zero-order valence-corrected chi connectivity index (χ0v) is 16.4. The predicted molar refractivity (Wildman–Crippen MR) is 104 cm³/mol. The minimum absolute atomic E-state index is 0.0187. The highest BCUT2D eigenvalue weighted by atomic mass is 79.9. The number of furan rings is 2. The van der Waals surface area contributed by atoms with E-state index >= 15 is 0 Å². The third-order valence-corrected chi connectivity index (χ3v) is 5.48. The van der Waals surface area contributed by atoms with E-state index in [-0.39, 0.29) is 17.9 Å². The van der Waals surface area contributed by atoms with E-state index in [0.717, 1.165) is 15.4 Å². The summed E-state index contributed by atoms with van der Waals surface area (Å²) < 4.78 is 11.7. The summed E-state index contributed by atoms with van der Waals surface area (Å²) in [6.45, 7) is 3.08. The molecule has 0 aliphatic carbocycles. The van der Waals surface area contributed by atoms with Crippen LogP contribution in [0.2, 0.25) is 0 Å². The van der Waals surface area contributed by atoms with Crippen molar-refractivity contribution in [2.24, 2.45) is 0 Å². The van der Waals surface area contributed by atoms with Crippen LogP contribution in [0.25, 0.3) is 11.0 Å². The van der Waals surface area contributed by atoms with Gasteiger partial charge in [-0.1, -0.05) is 15.9 Å². The second-order valence-electron chi connectivity index (χ2n) is 6.75. The number of carbonyl (C=O) groups excluding carboxylic acids is 2. The molecule has 27 heavy (non-hydrogen) atoms. The van der Waals surface area contributed by atoms with Gasteiger partial charge in [-0.25, -0.2) is 0 Å². The Labute approximate surface area is 164 Å². The number of nitrogens with zero attached hydrogens (tertiary/aromatic N) is 1. The summed E-state index contributed by atoms with van der Waals surface area (Å²) in [6.07, 6.45) is 4.37. The molecule has 0 saturated carbocycles. The van der Waals surface area contributed by atoms with Gasteiger partial charge in [0, 0.05) is 34.6 Å². The number of aryl methyl sites for hydroxylation is 1. The molecule has 1 fully saturated rings. The normalized spacial score (nSPS) is 15.3. The minimum atomic E-state index is -0.209. The number of amides is 2. The molecule has 1 N–H and O–H groups in total. The zero-order chi connectivity index (χ0) is 19.0. The summed E-state index contributed by atoms with van der Waals surface area (Å²) in [5.41, 5.74) is 2.08. The Morgan fingerprint density at radius 2 is 2.00 bits per heavy atom. The first kappa shape index (κ1) is 17.9. The van der Waals surface area contributed by atoms with Crippen LogP contribution < -0.4 is 5.32 Å². The summed E-state index contributed by atoms with van der Waals surface area (Å²) in [5, 5.41) is 3.97. The molecular weight excluding hydrogens is 412 g/mol. The van der Waals surface area contributed by atoms with Gasteiger partial charge in [-0.3, -0.25) is 9.59 Å². The minimum Gasteiger partial charge on any atom is -0.472 e. The number of benzene rings is 1. The number of halogens is 1. The standard InChI is InChI=1S/C20H19BrN2O4/c1-12-16-10-14(21)2-3-17(16)27-18(12)19(24)22-15-4-7-23(8-5-15)20(25)13-6-9-26-11-13/h2-3,6,9-11,15H,4-5,7-8H2,1H3,(H,22,24). The number of likely N-dealkylation sites (tertiary alicyclic amines) is 1. The van der Waals surface area contributed by atoms with Crippen LogP contribution >= 0.6 is 15.9 Å². The van der Waals surface area contributed by atoms with Gasteiger partial charge in [0.05, 0.1) is 11.8 Å². The van der Waals surface area contributed by atoms with Crippen molar-refractivity contribution < 1.29 is 18.4 Å². The van der Waals surface area contributed by atoms with Crippen molar-refractivity contribution in [3.05, 3.63) is 58.2 Å². The van der Waals surface area contributed by atoms with Crippen LogP contribution in [0, 0.1) is 6.92 Å². The second-order valence-corrected chi connectivity index (χ2v) is 7.66. The number of hydrogen-bond acceptors (Lipinski definition) is 4. The highest BCUT2D eigenvalue weighted by Gasteiger charge is 2.27. The van der Waals surface area contributed by atoms with Crippen molar-refractivity contribution in [2.75, 3.05) is 13.1 Å². The van der Waals surface area contributed by atoms with Crippen molar-refractivity contribution in [3.63, 3.8) is 0 Å². The second kappa shape index (κ2) is 7.23. The number of fused-ring (bicyclic) bond motifs is 1. The van der Waals surface area contributed by atoms with Crippen molar-refractivity contribution in [1.82, 2.24) is 10.2 Å². The molecular formula is C20H19BrN2O4. The molecule has 2 aromatic heterocycles. The SMILES string of the molecule is Cc1c(C(=O)NC2CCN(C(=O)c3ccoc3)CC2)oc2ccc(Br)cc12. The first-order valence-corrected chi connectivity index (χ1v) is 9.63. The molecule has 0 atom stereocenters. The van der Waals surface area contributed by atoms with Crippen molar-refractivity contribution in [2.45, 2.75) is 25.8 Å². The molecule has 0 radical (unpaired) electrons. The van der Waals surface area contributed by atoms with Crippen LogP contribution in [0.5, 0.6) is 0 Å². The third kappa shape index (κ3) is 3.51. The number of rotatable bonds is 3.